The third kappa shape index (κ3) is 4.39. The van der Waals surface area contributed by atoms with Gasteiger partial charge < -0.3 is 14.1 Å². The van der Waals surface area contributed by atoms with Crippen molar-refractivity contribution in [3.63, 3.8) is 0 Å². The van der Waals surface area contributed by atoms with Crippen molar-refractivity contribution in [2.45, 2.75) is 40.0 Å². The molecule has 31 heavy (non-hydrogen) atoms. The van der Waals surface area contributed by atoms with E-state index < -0.39 is 0 Å². The first-order valence-electron chi connectivity index (χ1n) is 11.0. The number of furan rings is 1. The van der Waals surface area contributed by atoms with E-state index in [2.05, 4.69) is 36.4 Å². The number of hydrogen-bond acceptors (Lipinski definition) is 3. The molecule has 0 spiro atoms. The molecule has 0 radical (unpaired) electrons. The van der Waals surface area contributed by atoms with Crippen molar-refractivity contribution in [1.82, 2.24) is 4.90 Å². The lowest BCUT2D eigenvalue weighted by molar-refractivity contribution is -0.127. The van der Waals surface area contributed by atoms with Crippen LogP contribution in [0.5, 0.6) is 5.75 Å². The molecule has 1 aliphatic rings. The normalized spacial score (nSPS) is 15.5. The van der Waals surface area contributed by atoms with Gasteiger partial charge in [-0.2, -0.15) is 0 Å². The number of ether oxygens (including phenoxy) is 1. The molecule has 2 aromatic carbocycles. The van der Waals surface area contributed by atoms with Crippen LogP contribution in [0.2, 0.25) is 0 Å². The molecule has 2 heterocycles. The van der Waals surface area contributed by atoms with E-state index in [-0.39, 0.29) is 5.91 Å². The zero-order chi connectivity index (χ0) is 22.0. The summed E-state index contributed by atoms with van der Waals surface area (Å²) in [6.45, 7) is 7.65. The lowest BCUT2D eigenvalue weighted by atomic mass is 9.90. The van der Waals surface area contributed by atoms with E-state index in [1.807, 2.05) is 25.7 Å². The van der Waals surface area contributed by atoms with Gasteiger partial charge in [0.1, 0.15) is 11.3 Å². The van der Waals surface area contributed by atoms with Crippen LogP contribution >= 0.6 is 0 Å². The summed E-state index contributed by atoms with van der Waals surface area (Å²) in [5.74, 6) is 1.50. The number of fused-ring (bicyclic) bond motifs is 1. The Bertz CT molecular complexity index is 1100. The quantitative estimate of drug-likeness (QED) is 0.482. The van der Waals surface area contributed by atoms with E-state index in [4.69, 9.17) is 9.15 Å². The summed E-state index contributed by atoms with van der Waals surface area (Å²) in [6.07, 6.45) is 6.73. The number of amides is 1. The molecule has 0 N–H and O–H groups in total. The van der Waals surface area contributed by atoms with Crippen LogP contribution in [0, 0.1) is 19.8 Å². The third-order valence-corrected chi connectivity index (χ3v) is 6.50. The molecular weight excluding hydrogens is 386 g/mol. The van der Waals surface area contributed by atoms with Crippen LogP contribution < -0.4 is 4.74 Å². The lowest BCUT2D eigenvalue weighted by Crippen LogP contribution is -2.38. The zero-order valence-corrected chi connectivity index (χ0v) is 18.9. The summed E-state index contributed by atoms with van der Waals surface area (Å²) in [6, 6.07) is 12.7. The highest BCUT2D eigenvalue weighted by Crippen LogP contribution is 2.37. The number of rotatable bonds is 5. The Labute approximate surface area is 184 Å². The zero-order valence-electron chi connectivity index (χ0n) is 18.9. The fraction of sp³-hybridized carbons (Fsp3) is 0.370. The lowest BCUT2D eigenvalue weighted by Gasteiger charge is -2.31. The number of allylic oxidation sites excluding steroid dienone is 1. The molecule has 0 unspecified atom stereocenters. The van der Waals surface area contributed by atoms with Crippen molar-refractivity contribution in [1.29, 1.82) is 0 Å². The summed E-state index contributed by atoms with van der Waals surface area (Å²) in [4.78, 5) is 15.0. The van der Waals surface area contributed by atoms with Crippen LogP contribution in [-0.2, 0) is 11.2 Å². The Morgan fingerprint density at radius 3 is 2.58 bits per heavy atom. The summed E-state index contributed by atoms with van der Waals surface area (Å²) in [5.41, 5.74) is 6.14. The molecule has 4 heteroatoms. The van der Waals surface area contributed by atoms with Crippen molar-refractivity contribution >= 4 is 22.4 Å². The number of likely N-dealkylation sites (tertiary alicyclic amines) is 1. The standard InChI is InChI=1S/C27H31NO3/c1-18(23-16-24-19(2)17-31-27(24)20(3)26(23)30-4)14-25(29)28-12-10-22(11-13-28)15-21-8-6-5-7-9-21/h5-9,14,16-17,22H,10-13,15H2,1-4H3/b18-14+. The van der Waals surface area contributed by atoms with E-state index >= 15 is 0 Å². The maximum atomic E-state index is 13.0. The van der Waals surface area contributed by atoms with Gasteiger partial charge in [0.15, 0.2) is 0 Å². The Hall–Kier alpha value is -3.01. The molecule has 0 saturated carbocycles. The van der Waals surface area contributed by atoms with Gasteiger partial charge in [-0.15, -0.1) is 0 Å². The van der Waals surface area contributed by atoms with Crippen LogP contribution in [0.15, 0.2) is 53.2 Å². The van der Waals surface area contributed by atoms with Crippen LogP contribution in [-0.4, -0.2) is 31.0 Å². The molecule has 0 bridgehead atoms. The maximum Gasteiger partial charge on any atom is 0.246 e. The second-order valence-corrected chi connectivity index (χ2v) is 8.66. The summed E-state index contributed by atoms with van der Waals surface area (Å²) in [7, 11) is 1.67. The van der Waals surface area contributed by atoms with Crippen LogP contribution in [0.4, 0.5) is 0 Å². The molecule has 1 amide bonds. The second kappa shape index (κ2) is 9.01. The number of piperidine rings is 1. The van der Waals surface area contributed by atoms with Crippen LogP contribution in [0.1, 0.15) is 42.0 Å². The van der Waals surface area contributed by atoms with E-state index in [9.17, 15) is 4.79 Å². The predicted octanol–water partition coefficient (Wildman–Crippen LogP) is 5.94. The Kier molecular flexibility index (Phi) is 6.17. The van der Waals surface area contributed by atoms with Crippen molar-refractivity contribution in [2.24, 2.45) is 5.92 Å². The minimum absolute atomic E-state index is 0.0828. The number of carbonyl (C=O) groups excluding carboxylic acids is 1. The van der Waals surface area contributed by atoms with Gasteiger partial charge in [-0.1, -0.05) is 30.3 Å². The molecule has 1 aliphatic heterocycles. The molecular formula is C27H31NO3. The summed E-state index contributed by atoms with van der Waals surface area (Å²) in [5, 5.41) is 1.07. The fourth-order valence-electron chi connectivity index (χ4n) is 4.65. The average Bonchev–Trinajstić information content (AvgIpc) is 3.15. The van der Waals surface area contributed by atoms with Crippen molar-refractivity contribution in [2.75, 3.05) is 20.2 Å². The van der Waals surface area contributed by atoms with Gasteiger partial charge in [0, 0.05) is 35.7 Å². The molecule has 1 fully saturated rings. The number of benzene rings is 2. The van der Waals surface area contributed by atoms with Gasteiger partial charge in [0.2, 0.25) is 5.91 Å². The Balaban J connectivity index is 1.48. The number of carbonyl (C=O) groups is 1. The molecule has 3 aromatic rings. The first kappa shape index (κ1) is 21.2. The van der Waals surface area contributed by atoms with E-state index in [0.29, 0.717) is 5.92 Å². The summed E-state index contributed by atoms with van der Waals surface area (Å²) < 4.78 is 11.4. The molecule has 0 atom stereocenters. The number of hydrogen-bond donors (Lipinski definition) is 0. The SMILES string of the molecule is COc1c(/C(C)=C/C(=O)N2CCC(Cc3ccccc3)CC2)cc2c(C)coc2c1C. The largest absolute Gasteiger partial charge is 0.496 e. The number of methoxy groups -OCH3 is 1. The van der Waals surface area contributed by atoms with Gasteiger partial charge >= 0.3 is 0 Å². The number of nitrogens with zero attached hydrogens (tertiary/aromatic N) is 1. The minimum Gasteiger partial charge on any atom is -0.496 e. The van der Waals surface area contributed by atoms with E-state index in [1.54, 1.807) is 19.4 Å². The fourth-order valence-corrected chi connectivity index (χ4v) is 4.65. The van der Waals surface area contributed by atoms with Crippen LogP contribution in [0.25, 0.3) is 16.5 Å². The Morgan fingerprint density at radius 2 is 1.90 bits per heavy atom. The van der Waals surface area contributed by atoms with Crippen molar-refractivity contribution in [3.8, 4) is 5.75 Å². The topological polar surface area (TPSA) is 42.7 Å². The first-order valence-corrected chi connectivity index (χ1v) is 11.0. The van der Waals surface area contributed by atoms with Crippen molar-refractivity contribution < 1.29 is 13.9 Å². The van der Waals surface area contributed by atoms with Gasteiger partial charge in [-0.3, -0.25) is 4.79 Å². The minimum atomic E-state index is 0.0828. The highest BCUT2D eigenvalue weighted by atomic mass is 16.5. The van der Waals surface area contributed by atoms with Crippen molar-refractivity contribution in [3.05, 3.63) is 71.0 Å². The van der Waals surface area contributed by atoms with Gasteiger partial charge in [0.25, 0.3) is 0 Å². The molecule has 1 aromatic heterocycles. The molecule has 4 nitrogen and oxygen atoms in total. The average molecular weight is 418 g/mol. The molecule has 0 aliphatic carbocycles. The monoisotopic (exact) mass is 417 g/mol. The molecule has 4 rings (SSSR count). The maximum absolute atomic E-state index is 13.0. The third-order valence-electron chi connectivity index (χ3n) is 6.50. The number of aryl methyl sites for hydroxylation is 2. The van der Waals surface area contributed by atoms with E-state index in [0.717, 1.165) is 71.3 Å². The Morgan fingerprint density at radius 1 is 1.19 bits per heavy atom. The van der Waals surface area contributed by atoms with Crippen LogP contribution in [0.3, 0.4) is 0 Å². The van der Waals surface area contributed by atoms with Gasteiger partial charge in [-0.25, -0.2) is 0 Å². The highest BCUT2D eigenvalue weighted by molar-refractivity contribution is 5.98. The summed E-state index contributed by atoms with van der Waals surface area (Å²) >= 11 is 0. The highest BCUT2D eigenvalue weighted by Gasteiger charge is 2.23. The second-order valence-electron chi connectivity index (χ2n) is 8.66. The predicted molar refractivity (Wildman–Crippen MR) is 125 cm³/mol. The van der Waals surface area contributed by atoms with Gasteiger partial charge in [-0.05, 0) is 68.7 Å². The smallest absolute Gasteiger partial charge is 0.246 e. The molecule has 162 valence electrons. The first-order chi connectivity index (χ1) is 15.0. The van der Waals surface area contributed by atoms with E-state index in [1.165, 1.54) is 5.56 Å². The van der Waals surface area contributed by atoms with Gasteiger partial charge in [0.05, 0.1) is 13.4 Å². The molecule has 1 saturated heterocycles.